The fourth-order valence-electron chi connectivity index (χ4n) is 4.48. The third kappa shape index (κ3) is 3.69. The molecule has 7 nitrogen and oxygen atoms in total. The number of anilines is 1. The van der Waals surface area contributed by atoms with Crippen LogP contribution in [0.4, 0.5) is 10.2 Å². The molecule has 2 aliphatic rings. The SMILES string of the molecule is O=C(Nc1ccn(-c2ccccc2F)n1)C1CCC(N2Cc3ncccc3C2=O)CC1. The van der Waals surface area contributed by atoms with Crippen LogP contribution < -0.4 is 5.32 Å². The molecule has 0 saturated heterocycles. The van der Waals surface area contributed by atoms with E-state index in [2.05, 4.69) is 15.4 Å². The highest BCUT2D eigenvalue weighted by atomic mass is 19.1. The Balaban J connectivity index is 1.18. The van der Waals surface area contributed by atoms with Crippen molar-refractivity contribution in [1.82, 2.24) is 19.7 Å². The number of rotatable bonds is 4. The molecule has 2 aromatic heterocycles. The van der Waals surface area contributed by atoms with Crippen LogP contribution in [0.25, 0.3) is 5.69 Å². The Labute approximate surface area is 178 Å². The van der Waals surface area contributed by atoms with Gasteiger partial charge in [0.05, 0.1) is 17.8 Å². The molecule has 1 aliphatic carbocycles. The number of hydrogen-bond acceptors (Lipinski definition) is 4. The smallest absolute Gasteiger partial charge is 0.256 e. The van der Waals surface area contributed by atoms with E-state index in [-0.39, 0.29) is 29.6 Å². The zero-order valence-corrected chi connectivity index (χ0v) is 16.9. The Morgan fingerprint density at radius 2 is 1.87 bits per heavy atom. The predicted octanol–water partition coefficient (Wildman–Crippen LogP) is 3.56. The maximum absolute atomic E-state index is 13.9. The average Bonchev–Trinajstić information content (AvgIpc) is 3.39. The fourth-order valence-corrected chi connectivity index (χ4v) is 4.48. The first-order chi connectivity index (χ1) is 15.1. The van der Waals surface area contributed by atoms with Gasteiger partial charge in [0.1, 0.15) is 11.5 Å². The van der Waals surface area contributed by atoms with Gasteiger partial charge in [-0.1, -0.05) is 12.1 Å². The highest BCUT2D eigenvalue weighted by Crippen LogP contribution is 2.33. The number of benzene rings is 1. The van der Waals surface area contributed by atoms with Gasteiger partial charge in [0.25, 0.3) is 5.91 Å². The fraction of sp³-hybridized carbons (Fsp3) is 0.304. The van der Waals surface area contributed by atoms with E-state index in [4.69, 9.17) is 0 Å². The minimum Gasteiger partial charge on any atom is -0.330 e. The maximum Gasteiger partial charge on any atom is 0.256 e. The first-order valence-electron chi connectivity index (χ1n) is 10.5. The molecule has 1 N–H and O–H groups in total. The molecule has 8 heteroatoms. The number of carbonyl (C=O) groups excluding carboxylic acids is 2. The number of carbonyl (C=O) groups is 2. The standard InChI is InChI=1S/C23H22FN5O2/c24-18-5-1-2-6-20(18)29-13-11-21(27-29)26-22(30)15-7-9-16(10-8-15)28-14-19-17(23(28)31)4-3-12-25-19/h1-6,11-13,15-16H,7-10,14H2,(H,26,27,30). The molecule has 1 fully saturated rings. The first kappa shape index (κ1) is 19.4. The zero-order valence-electron chi connectivity index (χ0n) is 16.9. The minimum absolute atomic E-state index is 0.0367. The average molecular weight is 419 g/mol. The molecule has 0 bridgehead atoms. The van der Waals surface area contributed by atoms with E-state index in [1.54, 1.807) is 42.7 Å². The van der Waals surface area contributed by atoms with Crippen molar-refractivity contribution in [3.8, 4) is 5.69 Å². The molecule has 3 aromatic rings. The van der Waals surface area contributed by atoms with Gasteiger partial charge in [-0.05, 0) is 49.9 Å². The molecule has 31 heavy (non-hydrogen) atoms. The number of hydrogen-bond donors (Lipinski definition) is 1. The van der Waals surface area contributed by atoms with Gasteiger partial charge in [0.2, 0.25) is 5.91 Å². The Hall–Kier alpha value is -3.55. The summed E-state index contributed by atoms with van der Waals surface area (Å²) in [6, 6.07) is 11.7. The van der Waals surface area contributed by atoms with Crippen molar-refractivity contribution >= 4 is 17.6 Å². The molecule has 5 rings (SSSR count). The summed E-state index contributed by atoms with van der Waals surface area (Å²) in [7, 11) is 0. The quantitative estimate of drug-likeness (QED) is 0.701. The Kier molecular flexibility index (Phi) is 4.97. The highest BCUT2D eigenvalue weighted by Gasteiger charge is 2.36. The van der Waals surface area contributed by atoms with E-state index in [0.29, 0.717) is 36.5 Å². The van der Waals surface area contributed by atoms with Gasteiger partial charge in [-0.3, -0.25) is 14.6 Å². The molecule has 0 radical (unpaired) electrons. The molecule has 158 valence electrons. The monoisotopic (exact) mass is 419 g/mol. The van der Waals surface area contributed by atoms with Gasteiger partial charge in [-0.15, -0.1) is 5.10 Å². The maximum atomic E-state index is 13.9. The van der Waals surface area contributed by atoms with Gasteiger partial charge in [0, 0.05) is 30.4 Å². The second-order valence-electron chi connectivity index (χ2n) is 8.02. The van der Waals surface area contributed by atoms with Crippen LogP contribution in [0.1, 0.15) is 41.7 Å². The lowest BCUT2D eigenvalue weighted by Gasteiger charge is -2.33. The molecular weight excluding hydrogens is 397 g/mol. The summed E-state index contributed by atoms with van der Waals surface area (Å²) in [5.41, 5.74) is 1.85. The summed E-state index contributed by atoms with van der Waals surface area (Å²) in [6.45, 7) is 0.546. The van der Waals surface area contributed by atoms with Crippen molar-refractivity contribution in [1.29, 1.82) is 0 Å². The minimum atomic E-state index is -0.379. The summed E-state index contributed by atoms with van der Waals surface area (Å²) in [5, 5.41) is 7.12. The second kappa shape index (κ2) is 7.94. The summed E-state index contributed by atoms with van der Waals surface area (Å²) in [5.74, 6) is -0.167. The lowest BCUT2D eigenvalue weighted by atomic mass is 9.84. The van der Waals surface area contributed by atoms with Crippen LogP contribution in [-0.4, -0.2) is 37.5 Å². The number of nitrogens with zero attached hydrogens (tertiary/aromatic N) is 4. The topological polar surface area (TPSA) is 80.1 Å². The van der Waals surface area contributed by atoms with Crippen molar-refractivity contribution in [3.63, 3.8) is 0 Å². The first-order valence-corrected chi connectivity index (χ1v) is 10.5. The molecule has 2 amide bonds. The molecule has 1 aliphatic heterocycles. The molecular formula is C23H22FN5O2. The van der Waals surface area contributed by atoms with Gasteiger partial charge in [-0.2, -0.15) is 0 Å². The van der Waals surface area contributed by atoms with Gasteiger partial charge >= 0.3 is 0 Å². The van der Waals surface area contributed by atoms with Crippen LogP contribution in [0, 0.1) is 11.7 Å². The number of nitrogens with one attached hydrogen (secondary N) is 1. The van der Waals surface area contributed by atoms with Crippen molar-refractivity contribution in [2.24, 2.45) is 5.92 Å². The van der Waals surface area contributed by atoms with Crippen LogP contribution in [0.3, 0.4) is 0 Å². The summed E-state index contributed by atoms with van der Waals surface area (Å²) in [6.07, 6.45) is 6.30. The summed E-state index contributed by atoms with van der Waals surface area (Å²) < 4.78 is 15.3. The number of para-hydroxylation sites is 1. The van der Waals surface area contributed by atoms with Crippen LogP contribution >= 0.6 is 0 Å². The van der Waals surface area contributed by atoms with Crippen LogP contribution in [0.15, 0.2) is 54.9 Å². The largest absolute Gasteiger partial charge is 0.330 e. The van der Waals surface area contributed by atoms with Crippen molar-refractivity contribution in [2.75, 3.05) is 5.32 Å². The van der Waals surface area contributed by atoms with Crippen LogP contribution in [0.2, 0.25) is 0 Å². The molecule has 0 atom stereocenters. The molecule has 1 aromatic carbocycles. The number of amides is 2. The number of aromatic nitrogens is 3. The zero-order chi connectivity index (χ0) is 21.4. The normalized spacial score (nSPS) is 20.5. The lowest BCUT2D eigenvalue weighted by molar-refractivity contribution is -0.121. The molecule has 3 heterocycles. The van der Waals surface area contributed by atoms with Crippen molar-refractivity contribution in [3.05, 3.63) is 71.9 Å². The molecule has 0 unspecified atom stereocenters. The number of fused-ring (bicyclic) bond motifs is 1. The Morgan fingerprint density at radius 1 is 1.06 bits per heavy atom. The van der Waals surface area contributed by atoms with Gasteiger partial charge in [0.15, 0.2) is 5.82 Å². The highest BCUT2D eigenvalue weighted by molar-refractivity contribution is 5.98. The van der Waals surface area contributed by atoms with Crippen molar-refractivity contribution < 1.29 is 14.0 Å². The van der Waals surface area contributed by atoms with E-state index in [9.17, 15) is 14.0 Å². The number of halogens is 1. The lowest BCUT2D eigenvalue weighted by Crippen LogP contribution is -2.40. The Morgan fingerprint density at radius 3 is 2.65 bits per heavy atom. The summed E-state index contributed by atoms with van der Waals surface area (Å²) in [4.78, 5) is 31.6. The van der Waals surface area contributed by atoms with Crippen LogP contribution in [0.5, 0.6) is 0 Å². The van der Waals surface area contributed by atoms with Gasteiger partial charge in [-0.25, -0.2) is 9.07 Å². The van der Waals surface area contributed by atoms with E-state index in [1.165, 1.54) is 10.7 Å². The second-order valence-corrected chi connectivity index (χ2v) is 8.02. The molecule has 0 spiro atoms. The Bertz CT molecular complexity index is 1140. The predicted molar refractivity (Wildman–Crippen MR) is 112 cm³/mol. The van der Waals surface area contributed by atoms with Crippen molar-refractivity contribution in [2.45, 2.75) is 38.3 Å². The van der Waals surface area contributed by atoms with Gasteiger partial charge < -0.3 is 10.2 Å². The van der Waals surface area contributed by atoms with E-state index >= 15 is 0 Å². The van der Waals surface area contributed by atoms with Crippen LogP contribution in [-0.2, 0) is 11.3 Å². The van der Waals surface area contributed by atoms with E-state index in [0.717, 1.165) is 18.5 Å². The van der Waals surface area contributed by atoms with E-state index < -0.39 is 0 Å². The third-order valence-electron chi connectivity index (χ3n) is 6.15. The third-order valence-corrected chi connectivity index (χ3v) is 6.15. The summed E-state index contributed by atoms with van der Waals surface area (Å²) >= 11 is 0. The molecule has 1 saturated carbocycles. The number of pyridine rings is 1. The van der Waals surface area contributed by atoms with E-state index in [1.807, 2.05) is 11.0 Å².